The first-order chi connectivity index (χ1) is 17.6. The molecule has 1 aliphatic carbocycles. The van der Waals surface area contributed by atoms with Crippen molar-refractivity contribution in [2.24, 2.45) is 0 Å². The van der Waals surface area contributed by atoms with Crippen molar-refractivity contribution in [3.8, 4) is 5.75 Å². The molecule has 2 atom stereocenters. The molecule has 36 heavy (non-hydrogen) atoms. The van der Waals surface area contributed by atoms with E-state index in [0.717, 1.165) is 67.2 Å². The van der Waals surface area contributed by atoms with Crippen molar-refractivity contribution in [3.63, 3.8) is 0 Å². The van der Waals surface area contributed by atoms with Gasteiger partial charge in [0.15, 0.2) is 0 Å². The van der Waals surface area contributed by atoms with Crippen LogP contribution in [0, 0.1) is 5.82 Å². The first-order valence-electron chi connectivity index (χ1n) is 13.5. The van der Waals surface area contributed by atoms with Crippen LogP contribution in [0.1, 0.15) is 56.1 Å². The Morgan fingerprint density at radius 1 is 1.03 bits per heavy atom. The van der Waals surface area contributed by atoms with Crippen LogP contribution < -0.4 is 19.9 Å². The van der Waals surface area contributed by atoms with E-state index in [0.29, 0.717) is 24.4 Å². The maximum absolute atomic E-state index is 15.3. The van der Waals surface area contributed by atoms with Crippen molar-refractivity contribution in [3.05, 3.63) is 66.1 Å². The number of nitrogens with zero attached hydrogens (tertiary/aromatic N) is 2. The van der Waals surface area contributed by atoms with Gasteiger partial charge in [-0.1, -0.05) is 19.4 Å². The van der Waals surface area contributed by atoms with Crippen molar-refractivity contribution in [1.82, 2.24) is 5.32 Å². The van der Waals surface area contributed by atoms with Crippen LogP contribution in [0.15, 0.2) is 49.2 Å². The lowest BCUT2D eigenvalue weighted by atomic mass is 10.0. The third-order valence-electron chi connectivity index (χ3n) is 8.05. The molecule has 3 heterocycles. The molecule has 0 aromatic heterocycles. The summed E-state index contributed by atoms with van der Waals surface area (Å²) in [7, 11) is 0. The number of benzene rings is 2. The molecular formula is C30H36FN3O2. The molecule has 2 aromatic rings. The molecule has 6 rings (SSSR count). The fourth-order valence-electron chi connectivity index (χ4n) is 6.06. The second-order valence-corrected chi connectivity index (χ2v) is 10.5. The summed E-state index contributed by atoms with van der Waals surface area (Å²) in [5, 5.41) is 3.79. The Bertz CT molecular complexity index is 1140. The zero-order valence-electron chi connectivity index (χ0n) is 20.9. The van der Waals surface area contributed by atoms with E-state index in [1.165, 1.54) is 25.7 Å². The maximum atomic E-state index is 15.3. The third kappa shape index (κ3) is 4.89. The van der Waals surface area contributed by atoms with E-state index < -0.39 is 0 Å². The van der Waals surface area contributed by atoms with Gasteiger partial charge in [-0.3, -0.25) is 0 Å². The average molecular weight is 490 g/mol. The molecule has 190 valence electrons. The average Bonchev–Trinajstić information content (AvgIpc) is 3.67. The van der Waals surface area contributed by atoms with Gasteiger partial charge in [0.25, 0.3) is 0 Å². The SMILES string of the molecule is C=C1c2ccc(OCC3CCCO3)cc2C=CN1c1ccc(N2CCC(NC3CCCC3)C2)c(F)c1. The van der Waals surface area contributed by atoms with E-state index in [-0.39, 0.29) is 11.9 Å². The Morgan fingerprint density at radius 2 is 1.92 bits per heavy atom. The Balaban J connectivity index is 1.11. The molecule has 6 heteroatoms. The number of fused-ring (bicyclic) bond motifs is 1. The first kappa shape index (κ1) is 23.6. The van der Waals surface area contributed by atoms with Gasteiger partial charge in [0.2, 0.25) is 0 Å². The molecule has 1 N–H and O–H groups in total. The van der Waals surface area contributed by atoms with Gasteiger partial charge >= 0.3 is 0 Å². The molecule has 0 amide bonds. The van der Waals surface area contributed by atoms with Crippen LogP contribution >= 0.6 is 0 Å². The second-order valence-electron chi connectivity index (χ2n) is 10.5. The van der Waals surface area contributed by atoms with Crippen molar-refractivity contribution in [1.29, 1.82) is 0 Å². The number of nitrogens with one attached hydrogen (secondary N) is 1. The molecule has 2 saturated heterocycles. The third-order valence-corrected chi connectivity index (χ3v) is 8.05. The minimum atomic E-state index is -0.182. The summed E-state index contributed by atoms with van der Waals surface area (Å²) in [6.07, 6.45) is 12.6. The summed E-state index contributed by atoms with van der Waals surface area (Å²) in [6.45, 7) is 7.48. The summed E-state index contributed by atoms with van der Waals surface area (Å²) in [5.41, 5.74) is 4.37. The first-order valence-corrected chi connectivity index (χ1v) is 13.5. The van der Waals surface area contributed by atoms with Gasteiger partial charge in [-0.2, -0.15) is 0 Å². The fourth-order valence-corrected chi connectivity index (χ4v) is 6.06. The van der Waals surface area contributed by atoms with E-state index in [1.54, 1.807) is 6.07 Å². The second kappa shape index (κ2) is 10.3. The summed E-state index contributed by atoms with van der Waals surface area (Å²) >= 11 is 0. The van der Waals surface area contributed by atoms with E-state index in [4.69, 9.17) is 9.47 Å². The topological polar surface area (TPSA) is 37.0 Å². The van der Waals surface area contributed by atoms with Gasteiger partial charge in [0.05, 0.1) is 11.8 Å². The largest absolute Gasteiger partial charge is 0.491 e. The van der Waals surface area contributed by atoms with Gasteiger partial charge in [-0.15, -0.1) is 0 Å². The van der Waals surface area contributed by atoms with Crippen LogP contribution in [0.25, 0.3) is 11.8 Å². The summed E-state index contributed by atoms with van der Waals surface area (Å²) < 4.78 is 26.9. The van der Waals surface area contributed by atoms with E-state index in [2.05, 4.69) is 16.8 Å². The summed E-state index contributed by atoms with van der Waals surface area (Å²) in [5.74, 6) is 0.649. The molecule has 3 aliphatic heterocycles. The fraction of sp³-hybridized carbons (Fsp3) is 0.467. The smallest absolute Gasteiger partial charge is 0.148 e. The Hall–Kier alpha value is -2.83. The quantitative estimate of drug-likeness (QED) is 0.520. The van der Waals surface area contributed by atoms with Gasteiger partial charge in [0.1, 0.15) is 18.2 Å². The van der Waals surface area contributed by atoms with Crippen molar-refractivity contribution < 1.29 is 13.9 Å². The molecule has 1 saturated carbocycles. The number of ether oxygens (including phenoxy) is 2. The lowest BCUT2D eigenvalue weighted by Gasteiger charge is -2.29. The lowest BCUT2D eigenvalue weighted by molar-refractivity contribution is 0.0679. The molecule has 2 unspecified atom stereocenters. The lowest BCUT2D eigenvalue weighted by Crippen LogP contribution is -2.38. The van der Waals surface area contributed by atoms with Crippen LogP contribution in [0.4, 0.5) is 15.8 Å². The van der Waals surface area contributed by atoms with Gasteiger partial charge in [-0.25, -0.2) is 4.39 Å². The van der Waals surface area contributed by atoms with Gasteiger partial charge in [-0.05, 0) is 74.1 Å². The molecular weight excluding hydrogens is 453 g/mol. The standard InChI is InChI=1S/C30H36FN3O2/c1-21-28-10-9-26(36-20-27-7-4-16-35-27)17-22(28)12-15-34(21)25-8-11-30(29(31)18-25)33-14-13-24(19-33)32-23-5-2-3-6-23/h8-12,15,17-18,23-24,27,32H,1-7,13-14,16,19-20H2. The highest BCUT2D eigenvalue weighted by molar-refractivity contribution is 5.89. The molecule has 5 nitrogen and oxygen atoms in total. The van der Waals surface area contributed by atoms with E-state index in [9.17, 15) is 0 Å². The van der Waals surface area contributed by atoms with Crippen LogP contribution in [0.3, 0.4) is 0 Å². The number of halogens is 1. The zero-order valence-corrected chi connectivity index (χ0v) is 20.9. The molecule has 4 aliphatic rings. The van der Waals surface area contributed by atoms with Crippen molar-refractivity contribution >= 4 is 23.1 Å². The van der Waals surface area contributed by atoms with Crippen LogP contribution in [-0.2, 0) is 4.74 Å². The normalized spacial score (nSPS) is 24.1. The molecule has 0 spiro atoms. The predicted octanol–water partition coefficient (Wildman–Crippen LogP) is 5.96. The number of rotatable bonds is 7. The maximum Gasteiger partial charge on any atom is 0.148 e. The monoisotopic (exact) mass is 489 g/mol. The minimum Gasteiger partial charge on any atom is -0.491 e. The minimum absolute atomic E-state index is 0.182. The van der Waals surface area contributed by atoms with E-state index in [1.807, 2.05) is 47.5 Å². The number of anilines is 2. The predicted molar refractivity (Wildman–Crippen MR) is 144 cm³/mol. The van der Waals surface area contributed by atoms with Gasteiger partial charge in [0, 0.05) is 61.0 Å². The zero-order chi connectivity index (χ0) is 24.5. The highest BCUT2D eigenvalue weighted by Gasteiger charge is 2.28. The van der Waals surface area contributed by atoms with Gasteiger partial charge < -0.3 is 24.6 Å². The van der Waals surface area contributed by atoms with Crippen molar-refractivity contribution in [2.45, 2.75) is 63.1 Å². The molecule has 3 fully saturated rings. The summed E-state index contributed by atoms with van der Waals surface area (Å²) in [4.78, 5) is 4.14. The Kier molecular flexibility index (Phi) is 6.72. The van der Waals surface area contributed by atoms with Crippen LogP contribution in [0.5, 0.6) is 5.75 Å². The Labute approximate surface area is 213 Å². The number of hydrogen-bond donors (Lipinski definition) is 1. The molecule has 0 radical (unpaired) electrons. The Morgan fingerprint density at radius 3 is 2.72 bits per heavy atom. The highest BCUT2D eigenvalue weighted by atomic mass is 19.1. The molecule has 0 bridgehead atoms. The van der Waals surface area contributed by atoms with Crippen molar-refractivity contribution in [2.75, 3.05) is 36.1 Å². The summed E-state index contributed by atoms with van der Waals surface area (Å²) in [6, 6.07) is 12.7. The molecule has 2 aromatic carbocycles. The van der Waals surface area contributed by atoms with Crippen LogP contribution in [-0.4, -0.2) is 44.5 Å². The highest BCUT2D eigenvalue weighted by Crippen LogP contribution is 2.36. The van der Waals surface area contributed by atoms with E-state index >= 15 is 4.39 Å². The number of hydrogen-bond acceptors (Lipinski definition) is 5. The van der Waals surface area contributed by atoms with Crippen LogP contribution in [0.2, 0.25) is 0 Å².